The van der Waals surface area contributed by atoms with Crippen molar-refractivity contribution in [2.24, 2.45) is 7.05 Å². The van der Waals surface area contributed by atoms with Crippen molar-refractivity contribution in [1.82, 2.24) is 14.5 Å². The molecule has 1 aromatic heterocycles. The molecule has 5 nitrogen and oxygen atoms in total. The van der Waals surface area contributed by atoms with E-state index in [1.807, 2.05) is 12.4 Å². The fourth-order valence-corrected chi connectivity index (χ4v) is 6.38. The number of aryl methyl sites for hydroxylation is 1. The van der Waals surface area contributed by atoms with Gasteiger partial charge in [-0.3, -0.25) is 0 Å². The van der Waals surface area contributed by atoms with Gasteiger partial charge in [0.15, 0.2) is 0 Å². The number of hydrogen-bond donors (Lipinski definition) is 0. The lowest BCUT2D eigenvalue weighted by molar-refractivity contribution is 0.496. The summed E-state index contributed by atoms with van der Waals surface area (Å²) in [6, 6.07) is 31.5. The molecule has 182 valence electrons. The largest absolute Gasteiger partial charge is 0.376 e. The van der Waals surface area contributed by atoms with Crippen molar-refractivity contribution < 1.29 is 0 Å². The molecule has 4 aromatic carbocycles. The van der Waals surface area contributed by atoms with Gasteiger partial charge in [-0.25, -0.2) is 4.98 Å². The van der Waals surface area contributed by atoms with E-state index < -0.39 is 0 Å². The number of anilines is 3. The second-order valence-electron chi connectivity index (χ2n) is 10.4. The standard InChI is InChI=1S/C32H26BN5/c1-35-17-18-37(21-35)23-12-14-27-25-8-4-6-10-29(25)33-28-9-5-3-7-24(28)26-13-11-22(32-34-15-16-36(32)2)19-30(26)38(33)31(27)20-23/h3-20H,21H2,1-2H3. The molecular weight excluding hydrogens is 465 g/mol. The molecule has 38 heavy (non-hydrogen) atoms. The van der Waals surface area contributed by atoms with Gasteiger partial charge in [0.25, 0.3) is 0 Å². The summed E-state index contributed by atoms with van der Waals surface area (Å²) in [5.41, 5.74) is 12.6. The molecule has 3 aliphatic rings. The van der Waals surface area contributed by atoms with Crippen molar-refractivity contribution in [3.05, 3.63) is 110 Å². The monoisotopic (exact) mass is 491 g/mol. The van der Waals surface area contributed by atoms with Crippen LogP contribution in [0.4, 0.5) is 17.1 Å². The second-order valence-corrected chi connectivity index (χ2v) is 10.4. The van der Waals surface area contributed by atoms with Crippen LogP contribution >= 0.6 is 0 Å². The molecule has 6 heteroatoms. The average molecular weight is 491 g/mol. The summed E-state index contributed by atoms with van der Waals surface area (Å²) in [5.74, 6) is 0.972. The molecule has 3 aliphatic heterocycles. The first-order valence-electron chi connectivity index (χ1n) is 13.1. The minimum atomic E-state index is 0.0889. The third-order valence-corrected chi connectivity index (χ3v) is 8.13. The van der Waals surface area contributed by atoms with Gasteiger partial charge in [-0.15, -0.1) is 0 Å². The molecule has 0 N–H and O–H groups in total. The molecule has 0 bridgehead atoms. The van der Waals surface area contributed by atoms with E-state index in [2.05, 4.69) is 136 Å². The summed E-state index contributed by atoms with van der Waals surface area (Å²) in [6.07, 6.45) is 8.16. The average Bonchev–Trinajstić information content (AvgIpc) is 3.60. The third kappa shape index (κ3) is 2.97. The zero-order chi connectivity index (χ0) is 25.4. The molecule has 0 fully saturated rings. The van der Waals surface area contributed by atoms with Gasteiger partial charge in [-0.1, -0.05) is 66.7 Å². The van der Waals surface area contributed by atoms with Gasteiger partial charge in [0.05, 0.1) is 6.67 Å². The summed E-state index contributed by atoms with van der Waals surface area (Å²) in [4.78, 5) is 11.7. The molecule has 4 heterocycles. The van der Waals surface area contributed by atoms with E-state index >= 15 is 0 Å². The Morgan fingerprint density at radius 1 is 0.711 bits per heavy atom. The molecule has 5 aromatic rings. The van der Waals surface area contributed by atoms with Gasteiger partial charge in [0.1, 0.15) is 5.82 Å². The van der Waals surface area contributed by atoms with Crippen LogP contribution in [0.15, 0.2) is 110 Å². The van der Waals surface area contributed by atoms with Crippen molar-refractivity contribution in [3.8, 4) is 33.6 Å². The van der Waals surface area contributed by atoms with Crippen LogP contribution in [0.1, 0.15) is 0 Å². The zero-order valence-corrected chi connectivity index (χ0v) is 21.4. The summed E-state index contributed by atoms with van der Waals surface area (Å²) in [7, 11) is 4.16. The normalized spacial score (nSPS) is 14.7. The molecule has 0 saturated carbocycles. The van der Waals surface area contributed by atoms with Crippen LogP contribution < -0.4 is 20.6 Å². The summed E-state index contributed by atoms with van der Waals surface area (Å²) in [5, 5.41) is 0. The number of imidazole rings is 1. The fraction of sp³-hybridized carbons (Fsp3) is 0.0938. The number of rotatable bonds is 2. The number of benzene rings is 4. The maximum atomic E-state index is 4.66. The molecule has 8 rings (SSSR count). The highest BCUT2D eigenvalue weighted by Gasteiger charge is 2.42. The first kappa shape index (κ1) is 21.4. The van der Waals surface area contributed by atoms with E-state index in [4.69, 9.17) is 0 Å². The topological polar surface area (TPSA) is 27.5 Å². The lowest BCUT2D eigenvalue weighted by Gasteiger charge is -2.43. The SMILES string of the molecule is CN1C=CN(c2ccc3c(c2)N2B(c4ccccc4-c4ccc(-c5nccn5C)cc42)c2ccccc2-3)C1. The molecule has 0 saturated heterocycles. The highest BCUT2D eigenvalue weighted by molar-refractivity contribution is 6.92. The summed E-state index contributed by atoms with van der Waals surface area (Å²) < 4.78 is 2.09. The van der Waals surface area contributed by atoms with Crippen LogP contribution in [0, 0.1) is 0 Å². The minimum absolute atomic E-state index is 0.0889. The number of fused-ring (bicyclic) bond motifs is 11. The van der Waals surface area contributed by atoms with Crippen molar-refractivity contribution in [2.75, 3.05) is 23.4 Å². The number of hydrogen-bond acceptors (Lipinski definition) is 4. The highest BCUT2D eigenvalue weighted by Crippen LogP contribution is 2.47. The predicted octanol–water partition coefficient (Wildman–Crippen LogP) is 5.17. The first-order chi connectivity index (χ1) is 18.7. The van der Waals surface area contributed by atoms with E-state index in [-0.39, 0.29) is 6.85 Å². The van der Waals surface area contributed by atoms with Crippen molar-refractivity contribution >= 4 is 34.8 Å². The molecule has 0 amide bonds. The van der Waals surface area contributed by atoms with Gasteiger partial charge in [0, 0.05) is 72.6 Å². The first-order valence-corrected chi connectivity index (χ1v) is 13.1. The molecule has 0 aliphatic carbocycles. The van der Waals surface area contributed by atoms with E-state index in [0.717, 1.165) is 18.1 Å². The Balaban J connectivity index is 1.42. The lowest BCUT2D eigenvalue weighted by atomic mass is 9.43. The summed E-state index contributed by atoms with van der Waals surface area (Å²) in [6.45, 7) is 0.938. The molecule has 0 radical (unpaired) electrons. The zero-order valence-electron chi connectivity index (χ0n) is 21.4. The van der Waals surface area contributed by atoms with E-state index in [9.17, 15) is 0 Å². The quantitative estimate of drug-likeness (QED) is 0.319. The van der Waals surface area contributed by atoms with Crippen molar-refractivity contribution in [1.29, 1.82) is 0 Å². The Kier molecular flexibility index (Phi) is 4.44. The molecular formula is C32H26BN5. The Hall–Kier alpha value is -4.71. The Bertz CT molecular complexity index is 1770. The van der Waals surface area contributed by atoms with Gasteiger partial charge in [-0.2, -0.15) is 0 Å². The summed E-state index contributed by atoms with van der Waals surface area (Å²) >= 11 is 0. The van der Waals surface area contributed by atoms with Crippen molar-refractivity contribution in [3.63, 3.8) is 0 Å². The van der Waals surface area contributed by atoms with E-state index in [1.54, 1.807) is 0 Å². The van der Waals surface area contributed by atoms with Crippen LogP contribution in [0.2, 0.25) is 0 Å². The minimum Gasteiger partial charge on any atom is -0.376 e. The Morgan fingerprint density at radius 3 is 2.05 bits per heavy atom. The van der Waals surface area contributed by atoms with Crippen LogP contribution in [0.25, 0.3) is 33.6 Å². The number of nitrogens with zero attached hydrogens (tertiary/aromatic N) is 5. The second kappa shape index (κ2) is 7.89. The predicted molar refractivity (Wildman–Crippen MR) is 157 cm³/mol. The van der Waals surface area contributed by atoms with Crippen LogP contribution in [-0.4, -0.2) is 35.0 Å². The van der Waals surface area contributed by atoms with Crippen LogP contribution in [-0.2, 0) is 7.05 Å². The maximum Gasteiger partial charge on any atom is 0.329 e. The van der Waals surface area contributed by atoms with Gasteiger partial charge in [-0.05, 0) is 40.3 Å². The van der Waals surface area contributed by atoms with E-state index in [0.29, 0.717) is 0 Å². The molecule has 0 spiro atoms. The maximum absolute atomic E-state index is 4.66. The Labute approximate surface area is 223 Å². The Morgan fingerprint density at radius 2 is 1.39 bits per heavy atom. The fourth-order valence-electron chi connectivity index (χ4n) is 6.38. The molecule has 0 unspecified atom stereocenters. The van der Waals surface area contributed by atoms with Crippen LogP contribution in [0.3, 0.4) is 0 Å². The number of aromatic nitrogens is 2. The van der Waals surface area contributed by atoms with Gasteiger partial charge >= 0.3 is 6.85 Å². The third-order valence-electron chi connectivity index (χ3n) is 8.13. The van der Waals surface area contributed by atoms with E-state index in [1.165, 1.54) is 50.2 Å². The lowest BCUT2D eigenvalue weighted by Crippen LogP contribution is -2.59. The van der Waals surface area contributed by atoms with Crippen LogP contribution in [0.5, 0.6) is 0 Å². The van der Waals surface area contributed by atoms with Gasteiger partial charge < -0.3 is 19.2 Å². The van der Waals surface area contributed by atoms with Crippen molar-refractivity contribution in [2.45, 2.75) is 0 Å². The van der Waals surface area contributed by atoms with Gasteiger partial charge in [0.2, 0.25) is 0 Å². The highest BCUT2D eigenvalue weighted by atomic mass is 15.3. The smallest absolute Gasteiger partial charge is 0.329 e. The molecule has 0 atom stereocenters.